The minimum Gasteiger partial charge on any atom is -0.329 e. The fraction of sp³-hybridized carbons (Fsp3) is 0.429. The first kappa shape index (κ1) is 12.8. The maximum absolute atomic E-state index is 5.89. The van der Waals surface area contributed by atoms with Crippen molar-refractivity contribution >= 4 is 15.9 Å². The molecule has 92 valence electrons. The number of halogens is 1. The number of aryl methyl sites for hydroxylation is 1. The number of rotatable bonds is 4. The predicted molar refractivity (Wildman–Crippen MR) is 76.0 cm³/mol. The summed E-state index contributed by atoms with van der Waals surface area (Å²) in [5, 5.41) is 3.62. The van der Waals surface area contributed by atoms with Crippen LogP contribution in [0.4, 0.5) is 0 Å². The summed E-state index contributed by atoms with van der Waals surface area (Å²) < 4.78 is 1.14. The van der Waals surface area contributed by atoms with Gasteiger partial charge in [-0.3, -0.25) is 0 Å². The quantitative estimate of drug-likeness (QED) is 0.838. The van der Waals surface area contributed by atoms with Crippen molar-refractivity contribution in [1.82, 2.24) is 5.32 Å². The summed E-state index contributed by atoms with van der Waals surface area (Å²) in [7, 11) is 0. The average molecular weight is 295 g/mol. The van der Waals surface area contributed by atoms with Gasteiger partial charge in [0.25, 0.3) is 0 Å². The number of nitrogens with one attached hydrogen (secondary N) is 1. The number of hydrogen-bond donors (Lipinski definition) is 2. The Morgan fingerprint density at radius 1 is 1.41 bits per heavy atom. The molecule has 1 aromatic carbocycles. The minimum atomic E-state index is 0.231. The smallest absolute Gasteiger partial charge is 0.0458 e. The third-order valence-electron chi connectivity index (χ3n) is 3.21. The summed E-state index contributed by atoms with van der Waals surface area (Å²) in [6, 6.07) is 7.21. The molecule has 0 amide bonds. The molecule has 1 atom stereocenters. The maximum atomic E-state index is 5.89. The highest BCUT2D eigenvalue weighted by atomic mass is 79.9. The second kappa shape index (κ2) is 5.80. The molecule has 0 saturated carbocycles. The molecule has 0 saturated heterocycles. The van der Waals surface area contributed by atoms with Gasteiger partial charge in [-0.25, -0.2) is 0 Å². The van der Waals surface area contributed by atoms with Gasteiger partial charge in [-0.2, -0.15) is 0 Å². The van der Waals surface area contributed by atoms with Gasteiger partial charge in [0.1, 0.15) is 0 Å². The Kier molecular flexibility index (Phi) is 4.37. The Morgan fingerprint density at radius 3 is 2.71 bits per heavy atom. The standard InChI is InChI=1S/C14H19BrN2/c1-10-6-7-12(13(15)8-10)14(9-16)17-11-4-2-3-5-11/h2-3,6-8,11,14,17H,4-5,9,16H2,1H3. The van der Waals surface area contributed by atoms with Gasteiger partial charge in [-0.1, -0.05) is 40.2 Å². The van der Waals surface area contributed by atoms with Crippen molar-refractivity contribution in [3.05, 3.63) is 46.0 Å². The van der Waals surface area contributed by atoms with E-state index in [1.54, 1.807) is 0 Å². The van der Waals surface area contributed by atoms with E-state index in [4.69, 9.17) is 5.73 Å². The molecule has 3 N–H and O–H groups in total. The van der Waals surface area contributed by atoms with Gasteiger partial charge in [0.15, 0.2) is 0 Å². The molecule has 0 fully saturated rings. The Labute approximate surface area is 111 Å². The molecule has 0 heterocycles. The highest BCUT2D eigenvalue weighted by Gasteiger charge is 2.18. The summed E-state index contributed by atoms with van der Waals surface area (Å²) in [4.78, 5) is 0. The first-order valence-corrected chi connectivity index (χ1v) is 6.87. The molecule has 0 bridgehead atoms. The fourth-order valence-corrected chi connectivity index (χ4v) is 3.01. The summed E-state index contributed by atoms with van der Waals surface area (Å²) in [6.07, 6.45) is 6.69. The molecule has 0 aromatic heterocycles. The van der Waals surface area contributed by atoms with Crippen LogP contribution in [0.1, 0.15) is 30.0 Å². The molecule has 1 aliphatic rings. The van der Waals surface area contributed by atoms with Gasteiger partial charge in [0.05, 0.1) is 0 Å². The number of hydrogen-bond acceptors (Lipinski definition) is 2. The molecule has 0 radical (unpaired) electrons. The zero-order valence-electron chi connectivity index (χ0n) is 10.1. The molecule has 3 heteroatoms. The van der Waals surface area contributed by atoms with Gasteiger partial charge < -0.3 is 11.1 Å². The van der Waals surface area contributed by atoms with E-state index in [1.165, 1.54) is 11.1 Å². The first-order chi connectivity index (χ1) is 8.20. The zero-order chi connectivity index (χ0) is 12.3. The van der Waals surface area contributed by atoms with Crippen molar-refractivity contribution in [1.29, 1.82) is 0 Å². The molecule has 1 aromatic rings. The Bertz CT molecular complexity index is 407. The van der Waals surface area contributed by atoms with Crippen LogP contribution in [0.3, 0.4) is 0 Å². The lowest BCUT2D eigenvalue weighted by Crippen LogP contribution is -2.35. The fourth-order valence-electron chi connectivity index (χ4n) is 2.24. The van der Waals surface area contributed by atoms with Gasteiger partial charge in [-0.05, 0) is 37.0 Å². The minimum absolute atomic E-state index is 0.231. The van der Waals surface area contributed by atoms with Crippen LogP contribution < -0.4 is 11.1 Å². The lowest BCUT2D eigenvalue weighted by atomic mass is 10.0. The highest BCUT2D eigenvalue weighted by Crippen LogP contribution is 2.25. The van der Waals surface area contributed by atoms with Gasteiger partial charge in [0.2, 0.25) is 0 Å². The van der Waals surface area contributed by atoms with Crippen molar-refractivity contribution in [2.45, 2.75) is 31.8 Å². The third kappa shape index (κ3) is 3.18. The van der Waals surface area contributed by atoms with Crippen LogP contribution in [-0.2, 0) is 0 Å². The van der Waals surface area contributed by atoms with E-state index in [0.717, 1.165) is 17.3 Å². The maximum Gasteiger partial charge on any atom is 0.0458 e. The molecular weight excluding hydrogens is 276 g/mol. The van der Waals surface area contributed by atoms with E-state index in [-0.39, 0.29) is 6.04 Å². The first-order valence-electron chi connectivity index (χ1n) is 6.08. The monoisotopic (exact) mass is 294 g/mol. The SMILES string of the molecule is Cc1ccc(C(CN)NC2CC=CC2)c(Br)c1. The van der Waals surface area contributed by atoms with Crippen LogP contribution in [0.25, 0.3) is 0 Å². The molecule has 1 aliphatic carbocycles. The van der Waals surface area contributed by atoms with Crippen LogP contribution >= 0.6 is 15.9 Å². The highest BCUT2D eigenvalue weighted by molar-refractivity contribution is 9.10. The van der Waals surface area contributed by atoms with E-state index < -0.39 is 0 Å². The summed E-state index contributed by atoms with van der Waals surface area (Å²) in [6.45, 7) is 2.72. The molecule has 0 aliphatic heterocycles. The van der Waals surface area contributed by atoms with Crippen LogP contribution in [0.5, 0.6) is 0 Å². The van der Waals surface area contributed by atoms with Crippen LogP contribution in [-0.4, -0.2) is 12.6 Å². The molecule has 2 nitrogen and oxygen atoms in total. The van der Waals surface area contributed by atoms with Crippen LogP contribution in [0, 0.1) is 6.92 Å². The molecular formula is C14H19BrN2. The van der Waals surface area contributed by atoms with E-state index in [1.807, 2.05) is 0 Å². The molecule has 2 rings (SSSR count). The van der Waals surface area contributed by atoms with Crippen molar-refractivity contribution in [3.8, 4) is 0 Å². The molecule has 0 spiro atoms. The van der Waals surface area contributed by atoms with Gasteiger partial charge in [-0.15, -0.1) is 0 Å². The largest absolute Gasteiger partial charge is 0.329 e. The van der Waals surface area contributed by atoms with E-state index >= 15 is 0 Å². The predicted octanol–water partition coefficient (Wildman–Crippen LogP) is 3.07. The average Bonchev–Trinajstić information content (AvgIpc) is 2.79. The lowest BCUT2D eigenvalue weighted by Gasteiger charge is -2.23. The van der Waals surface area contributed by atoms with Crippen LogP contribution in [0.15, 0.2) is 34.8 Å². The van der Waals surface area contributed by atoms with Crippen molar-refractivity contribution in [2.24, 2.45) is 5.73 Å². The van der Waals surface area contributed by atoms with Crippen molar-refractivity contribution in [2.75, 3.05) is 6.54 Å². The third-order valence-corrected chi connectivity index (χ3v) is 3.90. The summed E-state index contributed by atoms with van der Waals surface area (Å²) >= 11 is 3.63. The second-order valence-electron chi connectivity index (χ2n) is 4.62. The van der Waals surface area contributed by atoms with Crippen LogP contribution in [0.2, 0.25) is 0 Å². The normalized spacial score (nSPS) is 17.6. The molecule has 17 heavy (non-hydrogen) atoms. The van der Waals surface area contributed by atoms with Crippen molar-refractivity contribution < 1.29 is 0 Å². The topological polar surface area (TPSA) is 38.0 Å². The second-order valence-corrected chi connectivity index (χ2v) is 5.47. The Hall–Kier alpha value is -0.640. The summed E-state index contributed by atoms with van der Waals surface area (Å²) in [5.74, 6) is 0. The van der Waals surface area contributed by atoms with Crippen molar-refractivity contribution in [3.63, 3.8) is 0 Å². The van der Waals surface area contributed by atoms with Gasteiger partial charge >= 0.3 is 0 Å². The number of benzene rings is 1. The summed E-state index contributed by atoms with van der Waals surface area (Å²) in [5.41, 5.74) is 8.40. The van der Waals surface area contributed by atoms with E-state index in [9.17, 15) is 0 Å². The Balaban J connectivity index is 2.11. The van der Waals surface area contributed by atoms with E-state index in [2.05, 4.69) is 58.5 Å². The molecule has 1 unspecified atom stereocenters. The number of nitrogens with two attached hydrogens (primary N) is 1. The lowest BCUT2D eigenvalue weighted by molar-refractivity contribution is 0.452. The Morgan fingerprint density at radius 2 is 2.12 bits per heavy atom. The van der Waals surface area contributed by atoms with Gasteiger partial charge in [0, 0.05) is 23.1 Å². The van der Waals surface area contributed by atoms with E-state index in [0.29, 0.717) is 12.6 Å². The zero-order valence-corrected chi connectivity index (χ0v) is 11.7.